The van der Waals surface area contributed by atoms with E-state index in [4.69, 9.17) is 0 Å². The Labute approximate surface area is 119 Å². The number of hydrogen-bond donors (Lipinski definition) is 0. The number of hydrogen-bond acceptors (Lipinski definition) is 2. The molecular weight excluding hydrogens is 255 g/mol. The maximum absolute atomic E-state index is 14.1. The number of carbonyl (C=O) groups excluding carboxylic acids is 1. The summed E-state index contributed by atoms with van der Waals surface area (Å²) >= 11 is 0. The summed E-state index contributed by atoms with van der Waals surface area (Å²) in [5.41, 5.74) is -0.294. The van der Waals surface area contributed by atoms with Gasteiger partial charge in [-0.2, -0.15) is 5.26 Å². The van der Waals surface area contributed by atoms with Crippen LogP contribution in [0.1, 0.15) is 48.0 Å². The van der Waals surface area contributed by atoms with E-state index < -0.39 is 17.3 Å². The number of aryl methyl sites for hydroxylation is 1. The first kappa shape index (κ1) is 14.5. The lowest BCUT2D eigenvalue weighted by molar-refractivity contribution is 0.0584. The first-order valence-corrected chi connectivity index (χ1v) is 6.96. The van der Waals surface area contributed by atoms with Gasteiger partial charge in [-0.25, -0.2) is 4.39 Å². The van der Waals surface area contributed by atoms with E-state index in [-0.39, 0.29) is 5.56 Å². The number of carbonyl (C=O) groups is 1. The molecule has 2 rings (SSSR count). The van der Waals surface area contributed by atoms with Gasteiger partial charge in [0.05, 0.1) is 11.6 Å². The summed E-state index contributed by atoms with van der Waals surface area (Å²) in [5, 5.41) is 9.49. The lowest BCUT2D eigenvalue weighted by atomic mass is 9.81. The van der Waals surface area contributed by atoms with Crippen molar-refractivity contribution in [3.63, 3.8) is 0 Å². The van der Waals surface area contributed by atoms with Crippen molar-refractivity contribution in [1.82, 2.24) is 4.90 Å². The largest absolute Gasteiger partial charge is 0.323 e. The normalized spacial score (nSPS) is 17.3. The van der Waals surface area contributed by atoms with Crippen molar-refractivity contribution >= 4 is 5.91 Å². The number of rotatable bonds is 2. The number of benzene rings is 1. The molecule has 1 aliphatic carbocycles. The summed E-state index contributed by atoms with van der Waals surface area (Å²) in [5.74, 6) is -0.900. The molecule has 0 spiro atoms. The molecular formula is C16H19FN2O. The van der Waals surface area contributed by atoms with Crippen LogP contribution in [0.3, 0.4) is 0 Å². The quantitative estimate of drug-likeness (QED) is 0.829. The van der Waals surface area contributed by atoms with E-state index in [1.54, 1.807) is 26.1 Å². The fourth-order valence-electron chi connectivity index (χ4n) is 2.85. The van der Waals surface area contributed by atoms with E-state index in [0.29, 0.717) is 18.4 Å². The molecule has 106 valence electrons. The zero-order chi connectivity index (χ0) is 14.8. The van der Waals surface area contributed by atoms with Crippen LogP contribution in [0.2, 0.25) is 0 Å². The molecule has 0 saturated heterocycles. The summed E-state index contributed by atoms with van der Waals surface area (Å²) in [4.78, 5) is 14.0. The van der Waals surface area contributed by atoms with Crippen LogP contribution in [0.25, 0.3) is 0 Å². The lowest BCUT2D eigenvalue weighted by Crippen LogP contribution is -2.50. The summed E-state index contributed by atoms with van der Waals surface area (Å²) in [7, 11) is 1.61. The van der Waals surface area contributed by atoms with E-state index in [9.17, 15) is 14.4 Å². The molecule has 1 aliphatic rings. The molecule has 1 aromatic carbocycles. The van der Waals surface area contributed by atoms with Gasteiger partial charge in [0.1, 0.15) is 11.4 Å². The van der Waals surface area contributed by atoms with Gasteiger partial charge in [0.15, 0.2) is 0 Å². The van der Waals surface area contributed by atoms with Crippen molar-refractivity contribution in [3.8, 4) is 6.07 Å². The van der Waals surface area contributed by atoms with Crippen LogP contribution in [0.4, 0.5) is 4.39 Å². The fourth-order valence-corrected chi connectivity index (χ4v) is 2.85. The molecule has 0 radical (unpaired) electrons. The summed E-state index contributed by atoms with van der Waals surface area (Å²) < 4.78 is 14.1. The molecule has 1 saturated carbocycles. The molecule has 1 fully saturated rings. The first-order chi connectivity index (χ1) is 9.52. The van der Waals surface area contributed by atoms with Crippen LogP contribution in [0.5, 0.6) is 0 Å². The Morgan fingerprint density at radius 3 is 2.60 bits per heavy atom. The molecule has 4 heteroatoms. The number of halogens is 1. The van der Waals surface area contributed by atoms with E-state index in [2.05, 4.69) is 6.07 Å². The molecule has 0 aliphatic heterocycles. The summed E-state index contributed by atoms with van der Waals surface area (Å²) in [6.07, 6.45) is 4.28. The number of nitrogens with zero attached hydrogens (tertiary/aromatic N) is 2. The van der Waals surface area contributed by atoms with E-state index in [1.807, 2.05) is 0 Å². The number of nitriles is 1. The average molecular weight is 274 g/mol. The van der Waals surface area contributed by atoms with Crippen molar-refractivity contribution < 1.29 is 9.18 Å². The minimum atomic E-state index is -0.786. The van der Waals surface area contributed by atoms with E-state index in [0.717, 1.165) is 19.3 Å². The lowest BCUT2D eigenvalue weighted by Gasteiger charge is -2.39. The molecule has 0 N–H and O–H groups in total. The van der Waals surface area contributed by atoms with Crippen molar-refractivity contribution in [2.45, 2.75) is 44.6 Å². The molecule has 0 unspecified atom stereocenters. The van der Waals surface area contributed by atoms with Gasteiger partial charge in [0.2, 0.25) is 0 Å². The zero-order valence-corrected chi connectivity index (χ0v) is 11.9. The highest BCUT2D eigenvalue weighted by molar-refractivity contribution is 5.95. The third-order valence-electron chi connectivity index (χ3n) is 4.26. The van der Waals surface area contributed by atoms with Gasteiger partial charge in [-0.3, -0.25) is 4.79 Å². The Morgan fingerprint density at radius 2 is 2.00 bits per heavy atom. The first-order valence-electron chi connectivity index (χ1n) is 6.96. The van der Waals surface area contributed by atoms with Gasteiger partial charge in [-0.1, -0.05) is 31.4 Å². The molecule has 0 heterocycles. The minimum Gasteiger partial charge on any atom is -0.323 e. The molecule has 0 atom stereocenters. The van der Waals surface area contributed by atoms with Crippen LogP contribution in [0, 0.1) is 24.1 Å². The van der Waals surface area contributed by atoms with Gasteiger partial charge in [0.25, 0.3) is 5.91 Å². The molecule has 0 bridgehead atoms. The second kappa shape index (κ2) is 5.62. The van der Waals surface area contributed by atoms with Crippen LogP contribution in [-0.4, -0.2) is 23.4 Å². The standard InChI is InChI=1S/C16H19FN2O/c1-12-7-6-8-13(14(12)17)15(20)19(2)16(11-18)9-4-3-5-10-16/h6-8H,3-5,9-10H2,1-2H3. The van der Waals surface area contributed by atoms with Gasteiger partial charge >= 0.3 is 0 Å². The minimum absolute atomic E-state index is 0.0488. The van der Waals surface area contributed by atoms with Gasteiger partial charge < -0.3 is 4.90 Å². The van der Waals surface area contributed by atoms with Crippen LogP contribution >= 0.6 is 0 Å². The Morgan fingerprint density at radius 1 is 1.35 bits per heavy atom. The second-order valence-electron chi connectivity index (χ2n) is 5.50. The molecule has 20 heavy (non-hydrogen) atoms. The smallest absolute Gasteiger partial charge is 0.257 e. The van der Waals surface area contributed by atoms with Crippen LogP contribution in [-0.2, 0) is 0 Å². The van der Waals surface area contributed by atoms with E-state index in [1.165, 1.54) is 11.0 Å². The van der Waals surface area contributed by atoms with Gasteiger partial charge in [0, 0.05) is 7.05 Å². The van der Waals surface area contributed by atoms with E-state index >= 15 is 0 Å². The highest BCUT2D eigenvalue weighted by Gasteiger charge is 2.39. The Kier molecular flexibility index (Phi) is 4.08. The fraction of sp³-hybridized carbons (Fsp3) is 0.500. The average Bonchev–Trinajstić information content (AvgIpc) is 2.49. The molecule has 1 amide bonds. The van der Waals surface area contributed by atoms with Crippen LogP contribution < -0.4 is 0 Å². The SMILES string of the molecule is Cc1cccc(C(=O)N(C)C2(C#N)CCCCC2)c1F. The zero-order valence-electron chi connectivity index (χ0n) is 11.9. The molecule has 1 aromatic rings. The third-order valence-corrected chi connectivity index (χ3v) is 4.26. The van der Waals surface area contributed by atoms with Crippen LogP contribution in [0.15, 0.2) is 18.2 Å². The summed E-state index contributed by atoms with van der Waals surface area (Å²) in [6, 6.07) is 7.06. The monoisotopic (exact) mass is 274 g/mol. The summed E-state index contributed by atoms with van der Waals surface area (Å²) in [6.45, 7) is 1.63. The van der Waals surface area contributed by atoms with Crippen molar-refractivity contribution in [2.24, 2.45) is 0 Å². The third kappa shape index (κ3) is 2.40. The molecule has 3 nitrogen and oxygen atoms in total. The van der Waals surface area contributed by atoms with Crippen molar-refractivity contribution in [2.75, 3.05) is 7.05 Å². The highest BCUT2D eigenvalue weighted by atomic mass is 19.1. The van der Waals surface area contributed by atoms with Gasteiger partial charge in [-0.05, 0) is 31.4 Å². The maximum atomic E-state index is 14.1. The predicted molar refractivity (Wildman–Crippen MR) is 74.7 cm³/mol. The number of amides is 1. The molecule has 0 aromatic heterocycles. The topological polar surface area (TPSA) is 44.1 Å². The highest BCUT2D eigenvalue weighted by Crippen LogP contribution is 2.33. The second-order valence-corrected chi connectivity index (χ2v) is 5.50. The van der Waals surface area contributed by atoms with Gasteiger partial charge in [-0.15, -0.1) is 0 Å². The van der Waals surface area contributed by atoms with Crippen molar-refractivity contribution in [1.29, 1.82) is 5.26 Å². The Bertz CT molecular complexity index is 556. The maximum Gasteiger partial charge on any atom is 0.257 e. The van der Waals surface area contributed by atoms with Crippen molar-refractivity contribution in [3.05, 3.63) is 35.1 Å². The Hall–Kier alpha value is -1.89. The predicted octanol–water partition coefficient (Wildman–Crippen LogP) is 3.43. The Balaban J connectivity index is 2.32.